The van der Waals surface area contributed by atoms with Crippen molar-refractivity contribution in [3.05, 3.63) is 0 Å². The summed E-state index contributed by atoms with van der Waals surface area (Å²) in [5.74, 6) is -0.703. The van der Waals surface area contributed by atoms with Crippen LogP contribution in [0.4, 0.5) is 0 Å². The summed E-state index contributed by atoms with van der Waals surface area (Å²) in [7, 11) is 0. The van der Waals surface area contributed by atoms with Crippen molar-refractivity contribution in [2.45, 2.75) is 46.1 Å². The summed E-state index contributed by atoms with van der Waals surface area (Å²) in [5.41, 5.74) is -0.651. The molecule has 0 spiro atoms. The predicted molar refractivity (Wildman–Crippen MR) is 69.2 cm³/mol. The van der Waals surface area contributed by atoms with E-state index in [1.54, 1.807) is 0 Å². The third-order valence-corrected chi connectivity index (χ3v) is 3.56. The highest BCUT2D eigenvalue weighted by molar-refractivity contribution is 5.73. The minimum Gasteiger partial charge on any atom is -0.481 e. The van der Waals surface area contributed by atoms with Gasteiger partial charge in [-0.15, -0.1) is 0 Å². The molecule has 4 heteroatoms. The van der Waals surface area contributed by atoms with E-state index in [0.717, 1.165) is 19.6 Å². The van der Waals surface area contributed by atoms with Crippen LogP contribution in [0.1, 0.15) is 40.0 Å². The fourth-order valence-corrected chi connectivity index (χ4v) is 2.39. The summed E-state index contributed by atoms with van der Waals surface area (Å²) in [4.78, 5) is 13.5. The molecule has 0 aliphatic carbocycles. The predicted octanol–water partition coefficient (Wildman–Crippen LogP) is 1.56. The van der Waals surface area contributed by atoms with Gasteiger partial charge in [-0.3, -0.25) is 9.69 Å². The van der Waals surface area contributed by atoms with Crippen LogP contribution in [0.15, 0.2) is 0 Å². The van der Waals surface area contributed by atoms with Crippen LogP contribution < -0.4 is 5.32 Å². The molecule has 2 N–H and O–H groups in total. The molecule has 0 aromatic rings. The van der Waals surface area contributed by atoms with Crippen molar-refractivity contribution < 1.29 is 9.90 Å². The van der Waals surface area contributed by atoms with E-state index in [9.17, 15) is 9.90 Å². The third kappa shape index (κ3) is 4.28. The zero-order valence-electron chi connectivity index (χ0n) is 11.3. The number of carbonyl (C=O) groups is 1. The number of hydrogen-bond acceptors (Lipinski definition) is 3. The van der Waals surface area contributed by atoms with Crippen molar-refractivity contribution in [2.75, 3.05) is 26.2 Å². The lowest BCUT2D eigenvalue weighted by molar-refractivity contribution is -0.148. The van der Waals surface area contributed by atoms with Crippen LogP contribution in [0.25, 0.3) is 0 Å². The molecular weight excluding hydrogens is 216 g/mol. The average molecular weight is 242 g/mol. The molecule has 0 radical (unpaired) electrons. The topological polar surface area (TPSA) is 52.6 Å². The first-order valence-corrected chi connectivity index (χ1v) is 6.65. The zero-order valence-corrected chi connectivity index (χ0v) is 11.3. The van der Waals surface area contributed by atoms with Crippen LogP contribution in [0.5, 0.6) is 0 Å². The second-order valence-electron chi connectivity index (χ2n) is 5.62. The van der Waals surface area contributed by atoms with Gasteiger partial charge in [0.2, 0.25) is 0 Å². The molecule has 1 unspecified atom stereocenters. The number of nitrogens with zero attached hydrogens (tertiary/aromatic N) is 1. The lowest BCUT2D eigenvalue weighted by Gasteiger charge is -2.39. The van der Waals surface area contributed by atoms with Gasteiger partial charge in [0.05, 0.1) is 5.41 Å². The Morgan fingerprint density at radius 3 is 2.76 bits per heavy atom. The summed E-state index contributed by atoms with van der Waals surface area (Å²) < 4.78 is 0. The second kappa shape index (κ2) is 6.36. The van der Waals surface area contributed by atoms with Crippen LogP contribution in [-0.2, 0) is 4.79 Å². The van der Waals surface area contributed by atoms with E-state index in [1.807, 2.05) is 13.8 Å². The molecule has 1 fully saturated rings. The number of nitrogens with one attached hydrogen (secondary N) is 1. The molecular formula is C13H26N2O2. The van der Waals surface area contributed by atoms with E-state index in [2.05, 4.69) is 17.1 Å². The summed E-state index contributed by atoms with van der Waals surface area (Å²) in [6, 6.07) is 0.502. The summed E-state index contributed by atoms with van der Waals surface area (Å²) in [6.07, 6.45) is 3.64. The molecule has 1 saturated heterocycles. The van der Waals surface area contributed by atoms with Crippen LogP contribution >= 0.6 is 0 Å². The maximum Gasteiger partial charge on any atom is 0.310 e. The molecule has 0 aromatic heterocycles. The standard InChI is InChI=1S/C13H26N2O2/c1-4-14-9-11-7-5-6-8-15(11)10-13(2,3)12(16)17/h11,14H,4-10H2,1-3H3,(H,16,17). The molecule has 17 heavy (non-hydrogen) atoms. The van der Waals surface area contributed by atoms with Gasteiger partial charge >= 0.3 is 5.97 Å². The molecule has 1 atom stereocenters. The quantitative estimate of drug-likeness (QED) is 0.742. The number of piperidine rings is 1. The van der Waals surface area contributed by atoms with Crippen molar-refractivity contribution >= 4 is 5.97 Å². The van der Waals surface area contributed by atoms with Gasteiger partial charge in [0.25, 0.3) is 0 Å². The van der Waals surface area contributed by atoms with Gasteiger partial charge in [0.1, 0.15) is 0 Å². The van der Waals surface area contributed by atoms with Gasteiger partial charge in [-0.2, -0.15) is 0 Å². The number of rotatable bonds is 6. The highest BCUT2D eigenvalue weighted by Crippen LogP contribution is 2.23. The molecule has 1 rings (SSSR count). The lowest BCUT2D eigenvalue weighted by Crippen LogP contribution is -2.50. The van der Waals surface area contributed by atoms with E-state index >= 15 is 0 Å². The van der Waals surface area contributed by atoms with Gasteiger partial charge in [0.15, 0.2) is 0 Å². The highest BCUT2D eigenvalue weighted by Gasteiger charge is 2.33. The van der Waals surface area contributed by atoms with Gasteiger partial charge in [-0.25, -0.2) is 0 Å². The number of aliphatic carboxylic acids is 1. The molecule has 0 amide bonds. The van der Waals surface area contributed by atoms with Crippen molar-refractivity contribution in [3.8, 4) is 0 Å². The second-order valence-corrected chi connectivity index (χ2v) is 5.62. The fourth-order valence-electron chi connectivity index (χ4n) is 2.39. The first-order valence-electron chi connectivity index (χ1n) is 6.65. The van der Waals surface area contributed by atoms with Gasteiger partial charge in [0, 0.05) is 19.1 Å². The summed E-state index contributed by atoms with van der Waals surface area (Å²) in [5, 5.41) is 12.6. The third-order valence-electron chi connectivity index (χ3n) is 3.56. The Labute approximate surface area is 104 Å². The van der Waals surface area contributed by atoms with Crippen LogP contribution in [-0.4, -0.2) is 48.2 Å². The SMILES string of the molecule is CCNCC1CCCCN1CC(C)(C)C(=O)O. The van der Waals surface area contributed by atoms with E-state index in [4.69, 9.17) is 0 Å². The van der Waals surface area contributed by atoms with Crippen LogP contribution in [0.2, 0.25) is 0 Å². The van der Waals surface area contributed by atoms with Crippen LogP contribution in [0, 0.1) is 5.41 Å². The molecule has 1 aliphatic rings. The Balaban J connectivity index is 2.55. The highest BCUT2D eigenvalue weighted by atomic mass is 16.4. The number of carboxylic acid groups (broad SMARTS) is 1. The molecule has 1 heterocycles. The van der Waals surface area contributed by atoms with Gasteiger partial charge in [-0.05, 0) is 39.8 Å². The minimum absolute atomic E-state index is 0.502. The monoisotopic (exact) mass is 242 g/mol. The van der Waals surface area contributed by atoms with Crippen molar-refractivity contribution in [3.63, 3.8) is 0 Å². The first kappa shape index (κ1) is 14.5. The van der Waals surface area contributed by atoms with E-state index in [-0.39, 0.29) is 0 Å². The number of hydrogen-bond donors (Lipinski definition) is 2. The first-order chi connectivity index (χ1) is 7.97. The Morgan fingerprint density at radius 2 is 2.18 bits per heavy atom. The van der Waals surface area contributed by atoms with E-state index in [0.29, 0.717) is 12.6 Å². The zero-order chi connectivity index (χ0) is 12.9. The van der Waals surface area contributed by atoms with Crippen LogP contribution in [0.3, 0.4) is 0 Å². The van der Waals surface area contributed by atoms with Gasteiger partial charge in [-0.1, -0.05) is 13.3 Å². The summed E-state index contributed by atoms with van der Waals surface area (Å²) in [6.45, 7) is 9.38. The maximum atomic E-state index is 11.2. The van der Waals surface area contributed by atoms with E-state index < -0.39 is 11.4 Å². The molecule has 0 aromatic carbocycles. The summed E-state index contributed by atoms with van der Waals surface area (Å²) >= 11 is 0. The smallest absolute Gasteiger partial charge is 0.310 e. The Bertz CT molecular complexity index is 254. The normalized spacial score (nSPS) is 22.6. The minimum atomic E-state index is -0.703. The lowest BCUT2D eigenvalue weighted by atomic mass is 9.90. The molecule has 4 nitrogen and oxygen atoms in total. The average Bonchev–Trinajstić information content (AvgIpc) is 2.27. The Hall–Kier alpha value is -0.610. The van der Waals surface area contributed by atoms with E-state index in [1.165, 1.54) is 19.3 Å². The molecule has 100 valence electrons. The number of likely N-dealkylation sites (N-methyl/N-ethyl adjacent to an activating group) is 1. The molecule has 0 bridgehead atoms. The molecule has 1 aliphatic heterocycles. The largest absolute Gasteiger partial charge is 0.481 e. The van der Waals surface area contributed by atoms with Gasteiger partial charge < -0.3 is 10.4 Å². The number of carboxylic acids is 1. The van der Waals surface area contributed by atoms with Crippen molar-refractivity contribution in [1.82, 2.24) is 10.2 Å². The Kier molecular flexibility index (Phi) is 5.40. The number of likely N-dealkylation sites (tertiary alicyclic amines) is 1. The molecule has 0 saturated carbocycles. The fraction of sp³-hybridized carbons (Fsp3) is 0.923. The van der Waals surface area contributed by atoms with Crippen molar-refractivity contribution in [1.29, 1.82) is 0 Å². The van der Waals surface area contributed by atoms with Crippen molar-refractivity contribution in [2.24, 2.45) is 5.41 Å². The maximum absolute atomic E-state index is 11.2. The Morgan fingerprint density at radius 1 is 1.47 bits per heavy atom.